The molecule has 0 fully saturated rings. The van der Waals surface area contributed by atoms with Gasteiger partial charge in [0.15, 0.2) is 5.82 Å². The van der Waals surface area contributed by atoms with Crippen LogP contribution in [-0.4, -0.2) is 16.5 Å². The highest BCUT2D eigenvalue weighted by Crippen LogP contribution is 2.28. The summed E-state index contributed by atoms with van der Waals surface area (Å²) in [7, 11) is 0. The van der Waals surface area contributed by atoms with Crippen molar-refractivity contribution in [2.45, 2.75) is 32.6 Å². The minimum absolute atomic E-state index is 0.0516. The van der Waals surface area contributed by atoms with Crippen molar-refractivity contribution in [1.82, 2.24) is 9.97 Å². The molecular weight excluding hydrogens is 234 g/mol. The number of nitrogens with one attached hydrogen (secondary N) is 1. The average Bonchev–Trinajstić information content (AvgIpc) is 2.85. The van der Waals surface area contributed by atoms with Crippen LogP contribution in [0.3, 0.4) is 0 Å². The number of benzene rings is 1. The molecule has 2 aromatic rings. The number of aromatic nitrogens is 2. The molecule has 1 N–H and O–H groups in total. The summed E-state index contributed by atoms with van der Waals surface area (Å²) in [6.07, 6.45) is 2.94. The van der Waals surface area contributed by atoms with Crippen molar-refractivity contribution in [2.75, 3.05) is 11.9 Å². The van der Waals surface area contributed by atoms with Gasteiger partial charge in [0.05, 0.1) is 0 Å². The Balaban J connectivity index is 2.03. The number of hydrogen-bond donors (Lipinski definition) is 1. The van der Waals surface area contributed by atoms with E-state index < -0.39 is 0 Å². The van der Waals surface area contributed by atoms with Gasteiger partial charge in [0.1, 0.15) is 0 Å². The van der Waals surface area contributed by atoms with Gasteiger partial charge in [0.25, 0.3) is 0 Å². The minimum Gasteiger partial charge on any atom is -0.384 e. The molecule has 3 heteroatoms. The summed E-state index contributed by atoms with van der Waals surface area (Å²) in [5.41, 5.74) is 4.85. The Hall–Kier alpha value is -1.90. The van der Waals surface area contributed by atoms with Crippen molar-refractivity contribution in [1.29, 1.82) is 0 Å². The van der Waals surface area contributed by atoms with Crippen LogP contribution in [0.4, 0.5) is 5.69 Å². The molecule has 1 aliphatic heterocycles. The lowest BCUT2D eigenvalue weighted by molar-refractivity contribution is 0.568. The predicted molar refractivity (Wildman–Crippen MR) is 78.4 cm³/mol. The molecule has 0 saturated heterocycles. The third kappa shape index (κ3) is 2.33. The number of anilines is 1. The minimum atomic E-state index is 0.0516. The molecule has 0 amide bonds. The zero-order chi connectivity index (χ0) is 13.5. The van der Waals surface area contributed by atoms with E-state index in [-0.39, 0.29) is 5.41 Å². The molecular formula is C16H19N3. The maximum atomic E-state index is 4.71. The molecule has 1 aliphatic rings. The monoisotopic (exact) mass is 253 g/mol. The summed E-state index contributed by atoms with van der Waals surface area (Å²) in [4.78, 5) is 9.13. The molecule has 0 radical (unpaired) electrons. The molecule has 0 saturated carbocycles. The summed E-state index contributed by atoms with van der Waals surface area (Å²) in [6, 6.07) is 8.43. The van der Waals surface area contributed by atoms with Crippen molar-refractivity contribution >= 4 is 5.69 Å². The molecule has 0 unspecified atom stereocenters. The van der Waals surface area contributed by atoms with Gasteiger partial charge in [-0.25, -0.2) is 9.97 Å². The molecule has 0 aliphatic carbocycles. The summed E-state index contributed by atoms with van der Waals surface area (Å²) >= 11 is 0. The van der Waals surface area contributed by atoms with Crippen LogP contribution in [0.15, 0.2) is 30.5 Å². The van der Waals surface area contributed by atoms with Crippen molar-refractivity contribution in [2.24, 2.45) is 0 Å². The first kappa shape index (κ1) is 12.2. The highest BCUT2D eigenvalue weighted by molar-refractivity contribution is 5.65. The zero-order valence-electron chi connectivity index (χ0n) is 11.7. The van der Waals surface area contributed by atoms with Gasteiger partial charge in [-0.15, -0.1) is 0 Å². The topological polar surface area (TPSA) is 37.8 Å². The lowest BCUT2D eigenvalue weighted by Gasteiger charge is -2.18. The zero-order valence-corrected chi connectivity index (χ0v) is 11.7. The fourth-order valence-electron chi connectivity index (χ4n) is 2.36. The van der Waals surface area contributed by atoms with Crippen LogP contribution in [0, 0.1) is 0 Å². The van der Waals surface area contributed by atoms with Crippen LogP contribution in [0.25, 0.3) is 11.4 Å². The number of fused-ring (bicyclic) bond motifs is 1. The van der Waals surface area contributed by atoms with Crippen LogP contribution in [0.1, 0.15) is 32.0 Å². The Morgan fingerprint density at radius 1 is 1.16 bits per heavy atom. The summed E-state index contributed by atoms with van der Waals surface area (Å²) in [6.45, 7) is 7.55. The second kappa shape index (κ2) is 4.34. The first-order chi connectivity index (χ1) is 9.04. The highest BCUT2D eigenvalue weighted by Gasteiger charge is 2.17. The Morgan fingerprint density at radius 3 is 2.79 bits per heavy atom. The average molecular weight is 253 g/mol. The van der Waals surface area contributed by atoms with E-state index in [0.29, 0.717) is 0 Å². The number of rotatable bonds is 1. The van der Waals surface area contributed by atoms with Gasteiger partial charge in [0, 0.05) is 35.1 Å². The quantitative estimate of drug-likeness (QED) is 0.846. The van der Waals surface area contributed by atoms with Gasteiger partial charge in [-0.3, -0.25) is 0 Å². The number of nitrogens with zero attached hydrogens (tertiary/aromatic N) is 2. The maximum Gasteiger partial charge on any atom is 0.159 e. The molecule has 0 spiro atoms. The van der Waals surface area contributed by atoms with Gasteiger partial charge in [0.2, 0.25) is 0 Å². The van der Waals surface area contributed by atoms with Gasteiger partial charge >= 0.3 is 0 Å². The second-order valence-corrected chi connectivity index (χ2v) is 6.06. The van der Waals surface area contributed by atoms with E-state index in [1.54, 1.807) is 0 Å². The second-order valence-electron chi connectivity index (χ2n) is 6.06. The van der Waals surface area contributed by atoms with Crippen LogP contribution >= 0.6 is 0 Å². The smallest absolute Gasteiger partial charge is 0.159 e. The van der Waals surface area contributed by atoms with Crippen LogP contribution < -0.4 is 5.32 Å². The van der Waals surface area contributed by atoms with Crippen LogP contribution in [0.5, 0.6) is 0 Å². The standard InChI is InChI=1S/C16H19N3/c1-16(2,3)14-7-9-18-15(19-14)12-4-5-13-11(10-12)6-8-17-13/h4-5,7,9-10,17H,6,8H2,1-3H3. The maximum absolute atomic E-state index is 4.71. The van der Waals surface area contributed by atoms with Gasteiger partial charge in [-0.2, -0.15) is 0 Å². The van der Waals surface area contributed by atoms with Crippen molar-refractivity contribution in [3.05, 3.63) is 41.7 Å². The molecule has 0 atom stereocenters. The predicted octanol–water partition coefficient (Wildman–Crippen LogP) is 3.41. The van der Waals surface area contributed by atoms with E-state index >= 15 is 0 Å². The molecule has 1 aromatic heterocycles. The molecule has 0 bridgehead atoms. The van der Waals surface area contributed by atoms with Gasteiger partial charge in [-0.1, -0.05) is 20.8 Å². The Bertz CT molecular complexity index is 612. The first-order valence-electron chi connectivity index (χ1n) is 6.75. The summed E-state index contributed by atoms with van der Waals surface area (Å²) in [5.74, 6) is 0.821. The van der Waals surface area contributed by atoms with Crippen molar-refractivity contribution in [3.63, 3.8) is 0 Å². The Kier molecular flexibility index (Phi) is 2.77. The third-order valence-corrected chi connectivity index (χ3v) is 3.50. The van der Waals surface area contributed by atoms with E-state index in [1.165, 1.54) is 11.3 Å². The Labute approximate surface area is 114 Å². The number of hydrogen-bond acceptors (Lipinski definition) is 3. The van der Waals surface area contributed by atoms with Crippen molar-refractivity contribution < 1.29 is 0 Å². The summed E-state index contributed by atoms with van der Waals surface area (Å²) < 4.78 is 0. The Morgan fingerprint density at radius 2 is 2.00 bits per heavy atom. The van der Waals surface area contributed by atoms with E-state index in [1.807, 2.05) is 12.3 Å². The molecule has 19 heavy (non-hydrogen) atoms. The third-order valence-electron chi connectivity index (χ3n) is 3.50. The highest BCUT2D eigenvalue weighted by atomic mass is 14.9. The largest absolute Gasteiger partial charge is 0.384 e. The molecule has 3 nitrogen and oxygen atoms in total. The SMILES string of the molecule is CC(C)(C)c1ccnc(-c2ccc3c(c2)CCN3)n1. The van der Waals surface area contributed by atoms with E-state index in [0.717, 1.165) is 30.0 Å². The van der Waals surface area contributed by atoms with E-state index in [2.05, 4.69) is 49.3 Å². The fraction of sp³-hybridized carbons (Fsp3) is 0.375. The molecule has 3 rings (SSSR count). The lowest BCUT2D eigenvalue weighted by Crippen LogP contribution is -2.14. The van der Waals surface area contributed by atoms with E-state index in [9.17, 15) is 0 Å². The van der Waals surface area contributed by atoms with Crippen LogP contribution in [0.2, 0.25) is 0 Å². The summed E-state index contributed by atoms with van der Waals surface area (Å²) in [5, 5.41) is 3.37. The molecule has 2 heterocycles. The van der Waals surface area contributed by atoms with Gasteiger partial charge < -0.3 is 5.32 Å². The van der Waals surface area contributed by atoms with Crippen LogP contribution in [-0.2, 0) is 11.8 Å². The van der Waals surface area contributed by atoms with Gasteiger partial charge in [-0.05, 0) is 36.2 Å². The van der Waals surface area contributed by atoms with E-state index in [4.69, 9.17) is 4.98 Å². The lowest BCUT2D eigenvalue weighted by atomic mass is 9.92. The first-order valence-corrected chi connectivity index (χ1v) is 6.75. The van der Waals surface area contributed by atoms with Crippen molar-refractivity contribution in [3.8, 4) is 11.4 Å². The molecule has 1 aromatic carbocycles. The fourth-order valence-corrected chi connectivity index (χ4v) is 2.36. The molecule has 98 valence electrons. The normalized spacial score (nSPS) is 14.1.